The van der Waals surface area contributed by atoms with Gasteiger partial charge in [0.2, 0.25) is 5.22 Å². The Bertz CT molecular complexity index is 758. The molecule has 1 aromatic heterocycles. The van der Waals surface area contributed by atoms with Crippen molar-refractivity contribution < 1.29 is 17.9 Å². The van der Waals surface area contributed by atoms with Gasteiger partial charge in [0.1, 0.15) is 5.82 Å². The van der Waals surface area contributed by atoms with Crippen molar-refractivity contribution in [1.29, 1.82) is 0 Å². The fourth-order valence-corrected chi connectivity index (χ4v) is 2.84. The number of hydrogen-bond donors (Lipinski definition) is 2. The van der Waals surface area contributed by atoms with Crippen LogP contribution in [0.15, 0.2) is 45.3 Å². The number of halogens is 2. The molecule has 0 spiro atoms. The van der Waals surface area contributed by atoms with Gasteiger partial charge in [-0.15, -0.1) is 0 Å². The van der Waals surface area contributed by atoms with Crippen molar-refractivity contribution in [3.05, 3.63) is 40.3 Å². The molecule has 0 unspecified atom stereocenters. The van der Waals surface area contributed by atoms with E-state index in [0.29, 0.717) is 0 Å². The van der Waals surface area contributed by atoms with Crippen molar-refractivity contribution in [2.45, 2.75) is 11.4 Å². The summed E-state index contributed by atoms with van der Waals surface area (Å²) in [5, 5.41) is -0.648. The largest absolute Gasteiger partial charge is 0.433 e. The zero-order chi connectivity index (χ0) is 15.6. The third kappa shape index (κ3) is 3.66. The molecule has 0 saturated carbocycles. The van der Waals surface area contributed by atoms with Gasteiger partial charge in [-0.2, -0.15) is 8.42 Å². The second kappa shape index (κ2) is 5.92. The Hall–Kier alpha value is -1.77. The SMILES string of the molecule is Nc1cccc(S(=O)(=O)NC(=O)C2=C(Cl)OC(Cl)=CC2)n1. The molecule has 0 bridgehead atoms. The maximum absolute atomic E-state index is 12.0. The third-order valence-electron chi connectivity index (χ3n) is 2.41. The molecular weight excluding hydrogens is 341 g/mol. The van der Waals surface area contributed by atoms with E-state index >= 15 is 0 Å². The number of allylic oxidation sites excluding steroid dienone is 1. The van der Waals surface area contributed by atoms with Crippen LogP contribution < -0.4 is 10.5 Å². The van der Waals surface area contributed by atoms with E-state index in [4.69, 9.17) is 33.7 Å². The van der Waals surface area contributed by atoms with E-state index in [1.54, 1.807) is 0 Å². The molecule has 1 aromatic rings. The van der Waals surface area contributed by atoms with Gasteiger partial charge < -0.3 is 10.5 Å². The van der Waals surface area contributed by atoms with Crippen LogP contribution in [0.25, 0.3) is 0 Å². The molecular formula is C11H9Cl2N3O4S. The number of nitrogens with one attached hydrogen (secondary N) is 1. The summed E-state index contributed by atoms with van der Waals surface area (Å²) in [6, 6.07) is 4.03. The Labute approximate surface area is 130 Å². The first-order chi connectivity index (χ1) is 9.79. The molecule has 2 rings (SSSR count). The molecule has 0 fully saturated rings. The zero-order valence-electron chi connectivity index (χ0n) is 10.3. The van der Waals surface area contributed by atoms with E-state index in [0.717, 1.165) is 0 Å². The fraction of sp³-hybridized carbons (Fsp3) is 0.0909. The quantitative estimate of drug-likeness (QED) is 0.853. The van der Waals surface area contributed by atoms with Crippen LogP contribution >= 0.6 is 23.2 Å². The van der Waals surface area contributed by atoms with Crippen LogP contribution in [-0.4, -0.2) is 19.3 Å². The highest BCUT2D eigenvalue weighted by Gasteiger charge is 2.25. The Morgan fingerprint density at radius 3 is 2.71 bits per heavy atom. The summed E-state index contributed by atoms with van der Waals surface area (Å²) in [5.41, 5.74) is 5.34. The highest BCUT2D eigenvalue weighted by Crippen LogP contribution is 2.26. The van der Waals surface area contributed by atoms with E-state index < -0.39 is 15.9 Å². The molecule has 21 heavy (non-hydrogen) atoms. The standard InChI is InChI=1S/C11H9Cl2N3O4S/c12-7-5-4-6(10(13)20-7)11(17)16-21(18,19)9-3-1-2-8(14)15-9/h1-3,5H,4H2,(H2,14,15)(H,16,17). The summed E-state index contributed by atoms with van der Waals surface area (Å²) in [4.78, 5) is 15.6. The smallest absolute Gasteiger partial charge is 0.281 e. The van der Waals surface area contributed by atoms with Gasteiger partial charge in [0.15, 0.2) is 10.2 Å². The van der Waals surface area contributed by atoms with Crippen LogP contribution in [0.1, 0.15) is 6.42 Å². The summed E-state index contributed by atoms with van der Waals surface area (Å²) in [6.07, 6.45) is 1.43. The molecule has 0 aromatic carbocycles. The summed E-state index contributed by atoms with van der Waals surface area (Å²) in [5.74, 6) is -0.914. The maximum atomic E-state index is 12.0. The predicted molar refractivity (Wildman–Crippen MR) is 76.5 cm³/mol. The maximum Gasteiger partial charge on any atom is 0.281 e. The molecule has 0 aliphatic carbocycles. The number of amides is 1. The second-order valence-corrected chi connectivity index (χ2v) is 6.25. The van der Waals surface area contributed by atoms with Crippen LogP contribution in [-0.2, 0) is 19.6 Å². The predicted octanol–water partition coefficient (Wildman–Crippen LogP) is 1.42. The Morgan fingerprint density at radius 1 is 1.38 bits per heavy atom. The van der Waals surface area contributed by atoms with Crippen LogP contribution in [0.4, 0.5) is 5.82 Å². The average Bonchev–Trinajstić information content (AvgIpc) is 2.37. The molecule has 7 nitrogen and oxygen atoms in total. The van der Waals surface area contributed by atoms with Gasteiger partial charge >= 0.3 is 0 Å². The fourth-order valence-electron chi connectivity index (χ4n) is 1.45. The number of carbonyl (C=O) groups excluding carboxylic acids is 1. The molecule has 1 aliphatic heterocycles. The van der Waals surface area contributed by atoms with Gasteiger partial charge in [-0.05, 0) is 41.4 Å². The van der Waals surface area contributed by atoms with E-state index in [1.165, 1.54) is 24.3 Å². The number of nitrogens with two attached hydrogens (primary N) is 1. The van der Waals surface area contributed by atoms with Crippen LogP contribution in [0.2, 0.25) is 0 Å². The number of hydrogen-bond acceptors (Lipinski definition) is 6. The molecule has 0 saturated heterocycles. The van der Waals surface area contributed by atoms with Gasteiger partial charge in [0.25, 0.3) is 15.9 Å². The lowest BCUT2D eigenvalue weighted by Crippen LogP contribution is -2.33. The number of sulfonamides is 1. The number of nitrogens with zero attached hydrogens (tertiary/aromatic N) is 1. The van der Waals surface area contributed by atoms with Crippen LogP contribution in [0, 0.1) is 0 Å². The molecule has 112 valence electrons. The summed E-state index contributed by atoms with van der Waals surface area (Å²) >= 11 is 11.3. The summed E-state index contributed by atoms with van der Waals surface area (Å²) in [6.45, 7) is 0. The van der Waals surface area contributed by atoms with Crippen LogP contribution in [0.3, 0.4) is 0 Å². The van der Waals surface area contributed by atoms with E-state index in [-0.39, 0.29) is 33.3 Å². The number of anilines is 1. The van der Waals surface area contributed by atoms with Crippen molar-refractivity contribution in [1.82, 2.24) is 9.71 Å². The molecule has 1 amide bonds. The normalized spacial score (nSPS) is 15.2. The van der Waals surface area contributed by atoms with E-state index in [9.17, 15) is 13.2 Å². The number of carbonyl (C=O) groups is 1. The lowest BCUT2D eigenvalue weighted by molar-refractivity contribution is -0.116. The molecule has 3 N–H and O–H groups in total. The summed E-state index contributed by atoms with van der Waals surface area (Å²) in [7, 11) is -4.16. The van der Waals surface area contributed by atoms with Gasteiger partial charge in [-0.25, -0.2) is 9.71 Å². The highest BCUT2D eigenvalue weighted by atomic mass is 35.5. The number of ether oxygens (including phenoxy) is 1. The molecule has 1 aliphatic rings. The summed E-state index contributed by atoms with van der Waals surface area (Å²) < 4.78 is 30.7. The Kier molecular flexibility index (Phi) is 4.40. The number of aromatic nitrogens is 1. The lowest BCUT2D eigenvalue weighted by Gasteiger charge is -2.14. The topological polar surface area (TPSA) is 111 Å². The first-order valence-electron chi connectivity index (χ1n) is 5.51. The lowest BCUT2D eigenvalue weighted by atomic mass is 10.2. The minimum Gasteiger partial charge on any atom is -0.433 e. The van der Waals surface area contributed by atoms with Gasteiger partial charge in [0.05, 0.1) is 5.57 Å². The van der Waals surface area contributed by atoms with Crippen LogP contribution in [0.5, 0.6) is 0 Å². The van der Waals surface area contributed by atoms with E-state index in [1.807, 2.05) is 4.72 Å². The zero-order valence-corrected chi connectivity index (χ0v) is 12.7. The van der Waals surface area contributed by atoms with Crippen molar-refractivity contribution in [3.8, 4) is 0 Å². The van der Waals surface area contributed by atoms with Crippen molar-refractivity contribution >= 4 is 45.0 Å². The minimum absolute atomic E-state index is 0.0110. The first-order valence-corrected chi connectivity index (χ1v) is 7.75. The van der Waals surface area contributed by atoms with Gasteiger partial charge in [0, 0.05) is 6.42 Å². The Morgan fingerprint density at radius 2 is 2.10 bits per heavy atom. The third-order valence-corrected chi connectivity index (χ3v) is 4.18. The minimum atomic E-state index is -4.16. The Balaban J connectivity index is 2.22. The van der Waals surface area contributed by atoms with Crippen molar-refractivity contribution in [2.24, 2.45) is 0 Å². The van der Waals surface area contributed by atoms with Gasteiger partial charge in [-0.3, -0.25) is 4.79 Å². The monoisotopic (exact) mass is 349 g/mol. The van der Waals surface area contributed by atoms with Crippen molar-refractivity contribution in [3.63, 3.8) is 0 Å². The van der Waals surface area contributed by atoms with Gasteiger partial charge in [-0.1, -0.05) is 6.07 Å². The van der Waals surface area contributed by atoms with E-state index in [2.05, 4.69) is 4.98 Å². The molecule has 0 radical (unpaired) electrons. The van der Waals surface area contributed by atoms with Crippen molar-refractivity contribution in [2.75, 3.05) is 5.73 Å². The molecule has 0 atom stereocenters. The highest BCUT2D eigenvalue weighted by molar-refractivity contribution is 7.90. The molecule has 10 heteroatoms. The second-order valence-electron chi connectivity index (χ2n) is 3.90. The first kappa shape index (κ1) is 15.6. The number of pyridine rings is 1. The number of nitrogen functional groups attached to an aromatic ring is 1. The average molecular weight is 350 g/mol. The number of rotatable bonds is 3. The molecule has 2 heterocycles.